The number of hydrogen-bond acceptors (Lipinski definition) is 4. The van der Waals surface area contributed by atoms with Crippen LogP contribution in [-0.2, 0) is 0 Å². The second-order valence-corrected chi connectivity index (χ2v) is 4.87. The molecule has 21 heavy (non-hydrogen) atoms. The molecule has 2 rings (SSSR count). The fraction of sp³-hybridized carbons (Fsp3) is 0.312. The van der Waals surface area contributed by atoms with Crippen molar-refractivity contribution in [1.82, 2.24) is 5.32 Å². The number of aryl methyl sites for hydroxylation is 1. The monoisotopic (exact) mass is 288 g/mol. The summed E-state index contributed by atoms with van der Waals surface area (Å²) in [6, 6.07) is 11.1. The normalized spacial score (nSPS) is 12.0. The number of furan rings is 1. The molecule has 0 spiro atoms. The van der Waals surface area contributed by atoms with E-state index in [4.69, 9.17) is 9.52 Å². The second-order valence-electron chi connectivity index (χ2n) is 4.87. The van der Waals surface area contributed by atoms with Crippen LogP contribution in [0.4, 0.5) is 5.69 Å². The first-order valence-corrected chi connectivity index (χ1v) is 6.92. The standard InChI is InChI=1S/C16H20N2O3/c1-11-3-8-15(21-11)12(2)18-14-6-4-13(5-7-14)16(20)17-9-10-19/h3-8,12,18-19H,9-10H2,1-2H3,(H,17,20). The van der Waals surface area contributed by atoms with Gasteiger partial charge in [-0.05, 0) is 50.2 Å². The van der Waals surface area contributed by atoms with E-state index in [0.29, 0.717) is 5.56 Å². The minimum absolute atomic E-state index is 0.0489. The zero-order valence-corrected chi connectivity index (χ0v) is 12.2. The van der Waals surface area contributed by atoms with Gasteiger partial charge in [0.25, 0.3) is 5.91 Å². The van der Waals surface area contributed by atoms with E-state index >= 15 is 0 Å². The molecule has 0 fully saturated rings. The van der Waals surface area contributed by atoms with Crippen LogP contribution in [0.5, 0.6) is 0 Å². The van der Waals surface area contributed by atoms with Gasteiger partial charge in [0, 0.05) is 17.8 Å². The van der Waals surface area contributed by atoms with Gasteiger partial charge in [0.15, 0.2) is 0 Å². The third-order valence-electron chi connectivity index (χ3n) is 3.12. The van der Waals surface area contributed by atoms with Gasteiger partial charge >= 0.3 is 0 Å². The molecule has 1 aromatic heterocycles. The van der Waals surface area contributed by atoms with Gasteiger partial charge in [0.1, 0.15) is 11.5 Å². The maximum atomic E-state index is 11.7. The molecule has 0 saturated carbocycles. The summed E-state index contributed by atoms with van der Waals surface area (Å²) in [6.45, 7) is 4.12. The Morgan fingerprint density at radius 3 is 2.52 bits per heavy atom. The highest BCUT2D eigenvalue weighted by atomic mass is 16.3. The van der Waals surface area contributed by atoms with E-state index in [1.165, 1.54) is 0 Å². The summed E-state index contributed by atoms with van der Waals surface area (Å²) in [5.41, 5.74) is 1.48. The largest absolute Gasteiger partial charge is 0.464 e. The number of benzene rings is 1. The summed E-state index contributed by atoms with van der Waals surface area (Å²) < 4.78 is 5.57. The van der Waals surface area contributed by atoms with Gasteiger partial charge in [-0.25, -0.2) is 0 Å². The first kappa shape index (κ1) is 15.1. The van der Waals surface area contributed by atoms with Crippen LogP contribution in [0.25, 0.3) is 0 Å². The van der Waals surface area contributed by atoms with Crippen molar-refractivity contribution in [3.8, 4) is 0 Å². The minimum atomic E-state index is -0.190. The van der Waals surface area contributed by atoms with Crippen molar-refractivity contribution in [3.63, 3.8) is 0 Å². The number of amides is 1. The predicted octanol–water partition coefficient (Wildman–Crippen LogP) is 2.48. The maximum absolute atomic E-state index is 11.7. The SMILES string of the molecule is Cc1ccc(C(C)Nc2ccc(C(=O)NCCO)cc2)o1. The fourth-order valence-corrected chi connectivity index (χ4v) is 2.00. The van der Waals surface area contributed by atoms with Gasteiger partial charge < -0.3 is 20.2 Å². The second kappa shape index (κ2) is 6.95. The van der Waals surface area contributed by atoms with Crippen molar-refractivity contribution < 1.29 is 14.3 Å². The van der Waals surface area contributed by atoms with E-state index < -0.39 is 0 Å². The van der Waals surface area contributed by atoms with Crippen molar-refractivity contribution in [1.29, 1.82) is 0 Å². The molecule has 5 nitrogen and oxygen atoms in total. The quantitative estimate of drug-likeness (QED) is 0.763. The Hall–Kier alpha value is -2.27. The van der Waals surface area contributed by atoms with Crippen molar-refractivity contribution >= 4 is 11.6 Å². The van der Waals surface area contributed by atoms with E-state index in [9.17, 15) is 4.79 Å². The molecule has 1 aromatic carbocycles. The predicted molar refractivity (Wildman–Crippen MR) is 81.3 cm³/mol. The molecule has 0 aliphatic heterocycles. The highest BCUT2D eigenvalue weighted by molar-refractivity contribution is 5.94. The first-order chi connectivity index (χ1) is 10.1. The van der Waals surface area contributed by atoms with Crippen LogP contribution in [0.2, 0.25) is 0 Å². The van der Waals surface area contributed by atoms with Crippen LogP contribution in [0.3, 0.4) is 0 Å². The number of hydrogen-bond donors (Lipinski definition) is 3. The van der Waals surface area contributed by atoms with Crippen molar-refractivity contribution in [2.45, 2.75) is 19.9 Å². The molecule has 0 radical (unpaired) electrons. The van der Waals surface area contributed by atoms with Gasteiger partial charge in [-0.3, -0.25) is 4.79 Å². The van der Waals surface area contributed by atoms with Gasteiger partial charge in [-0.2, -0.15) is 0 Å². The molecule has 0 aliphatic rings. The lowest BCUT2D eigenvalue weighted by Gasteiger charge is -2.13. The molecule has 2 aromatic rings. The Labute approximate surface area is 124 Å². The van der Waals surface area contributed by atoms with E-state index in [1.54, 1.807) is 12.1 Å². The number of aliphatic hydroxyl groups excluding tert-OH is 1. The van der Waals surface area contributed by atoms with Crippen LogP contribution in [0, 0.1) is 6.92 Å². The van der Waals surface area contributed by atoms with Gasteiger partial charge in [0.2, 0.25) is 0 Å². The van der Waals surface area contributed by atoms with Crippen molar-refractivity contribution in [2.24, 2.45) is 0 Å². The summed E-state index contributed by atoms with van der Waals surface area (Å²) >= 11 is 0. The number of anilines is 1. The van der Waals surface area contributed by atoms with E-state index in [-0.39, 0.29) is 25.1 Å². The summed E-state index contributed by atoms with van der Waals surface area (Å²) in [6.07, 6.45) is 0. The molecule has 0 aliphatic carbocycles. The average Bonchev–Trinajstić information content (AvgIpc) is 2.92. The Kier molecular flexibility index (Phi) is 5.00. The lowest BCUT2D eigenvalue weighted by atomic mass is 10.1. The molecule has 112 valence electrons. The van der Waals surface area contributed by atoms with E-state index in [2.05, 4.69) is 10.6 Å². The van der Waals surface area contributed by atoms with Gasteiger partial charge in [-0.15, -0.1) is 0 Å². The number of carbonyl (C=O) groups excluding carboxylic acids is 1. The highest BCUT2D eigenvalue weighted by Gasteiger charge is 2.10. The lowest BCUT2D eigenvalue weighted by Crippen LogP contribution is -2.26. The molecule has 5 heteroatoms. The fourth-order valence-electron chi connectivity index (χ4n) is 2.00. The third kappa shape index (κ3) is 4.10. The molecule has 1 amide bonds. The van der Waals surface area contributed by atoms with Crippen LogP contribution >= 0.6 is 0 Å². The third-order valence-corrected chi connectivity index (χ3v) is 3.12. The molecule has 1 atom stereocenters. The summed E-state index contributed by atoms with van der Waals surface area (Å²) in [4.78, 5) is 11.7. The van der Waals surface area contributed by atoms with Crippen LogP contribution in [-0.4, -0.2) is 24.2 Å². The summed E-state index contributed by atoms with van der Waals surface area (Å²) in [5.74, 6) is 1.57. The van der Waals surface area contributed by atoms with Crippen molar-refractivity contribution in [3.05, 3.63) is 53.5 Å². The molecule has 0 bridgehead atoms. The van der Waals surface area contributed by atoms with Crippen LogP contribution in [0.15, 0.2) is 40.8 Å². The first-order valence-electron chi connectivity index (χ1n) is 6.92. The Morgan fingerprint density at radius 2 is 1.95 bits per heavy atom. The molecule has 3 N–H and O–H groups in total. The molecular formula is C16H20N2O3. The summed E-state index contributed by atoms with van der Waals surface area (Å²) in [7, 11) is 0. The smallest absolute Gasteiger partial charge is 0.251 e. The molecule has 1 unspecified atom stereocenters. The zero-order chi connectivity index (χ0) is 15.2. The Morgan fingerprint density at radius 1 is 1.24 bits per heavy atom. The summed E-state index contributed by atoms with van der Waals surface area (Å²) in [5, 5.41) is 14.6. The van der Waals surface area contributed by atoms with Crippen molar-refractivity contribution in [2.75, 3.05) is 18.5 Å². The minimum Gasteiger partial charge on any atom is -0.464 e. The average molecular weight is 288 g/mol. The lowest BCUT2D eigenvalue weighted by molar-refractivity contribution is 0.0945. The number of carbonyl (C=O) groups is 1. The zero-order valence-electron chi connectivity index (χ0n) is 12.2. The molecule has 1 heterocycles. The number of nitrogens with one attached hydrogen (secondary N) is 2. The topological polar surface area (TPSA) is 74.5 Å². The number of rotatable bonds is 6. The highest BCUT2D eigenvalue weighted by Crippen LogP contribution is 2.21. The maximum Gasteiger partial charge on any atom is 0.251 e. The Bertz CT molecular complexity index is 590. The van der Waals surface area contributed by atoms with Crippen LogP contribution < -0.4 is 10.6 Å². The number of aliphatic hydroxyl groups is 1. The van der Waals surface area contributed by atoms with E-state index in [1.807, 2.05) is 38.1 Å². The van der Waals surface area contributed by atoms with Crippen LogP contribution in [0.1, 0.15) is 34.8 Å². The van der Waals surface area contributed by atoms with E-state index in [0.717, 1.165) is 17.2 Å². The van der Waals surface area contributed by atoms with Gasteiger partial charge in [0.05, 0.1) is 12.6 Å². The Balaban J connectivity index is 1.97. The molecular weight excluding hydrogens is 268 g/mol. The molecule has 0 saturated heterocycles. The van der Waals surface area contributed by atoms with Gasteiger partial charge in [-0.1, -0.05) is 0 Å².